The van der Waals surface area contributed by atoms with Crippen LogP contribution in [-0.2, 0) is 19.5 Å². The summed E-state index contributed by atoms with van der Waals surface area (Å²) in [6.45, 7) is 14.7. The second-order valence-electron chi connectivity index (χ2n) is 11.7. The Hall–Kier alpha value is -4.55. The average Bonchev–Trinajstić information content (AvgIpc) is 3.58. The summed E-state index contributed by atoms with van der Waals surface area (Å²) in [7, 11) is 1.74. The molecule has 0 saturated carbocycles. The van der Waals surface area contributed by atoms with Gasteiger partial charge in [0.2, 0.25) is 6.79 Å². The third-order valence-corrected chi connectivity index (χ3v) is 7.97. The van der Waals surface area contributed by atoms with Gasteiger partial charge < -0.3 is 19.5 Å². The summed E-state index contributed by atoms with van der Waals surface area (Å²) >= 11 is 0. The SMILES string of the molecule is C=C(NC(=NCCCCC)c1ccccc1)c1ccccc1.CCCc1cc(CN(CC)Cc2ccc3c(c2)OCO3)cc(OC)c1. The van der Waals surface area contributed by atoms with Crippen molar-refractivity contribution in [1.29, 1.82) is 0 Å². The molecule has 0 bridgehead atoms. The topological polar surface area (TPSA) is 55.3 Å². The molecular formula is C41H51N3O3. The van der Waals surface area contributed by atoms with Gasteiger partial charge in [-0.25, -0.2) is 0 Å². The number of rotatable bonds is 15. The molecule has 0 aromatic heterocycles. The number of benzene rings is 4. The Morgan fingerprint density at radius 2 is 1.45 bits per heavy atom. The number of hydrogen-bond acceptors (Lipinski definition) is 5. The number of fused-ring (bicyclic) bond motifs is 1. The molecule has 1 aliphatic rings. The normalized spacial score (nSPS) is 12.0. The van der Waals surface area contributed by atoms with E-state index in [0.717, 1.165) is 85.3 Å². The molecule has 0 spiro atoms. The third kappa shape index (κ3) is 11.3. The fourth-order valence-electron chi connectivity index (χ4n) is 5.41. The highest BCUT2D eigenvalue weighted by Crippen LogP contribution is 2.33. The number of nitrogens with one attached hydrogen (secondary N) is 1. The molecule has 47 heavy (non-hydrogen) atoms. The zero-order valence-corrected chi connectivity index (χ0v) is 28.6. The second-order valence-corrected chi connectivity index (χ2v) is 11.7. The lowest BCUT2D eigenvalue weighted by Gasteiger charge is -2.21. The molecule has 6 heteroatoms. The summed E-state index contributed by atoms with van der Waals surface area (Å²) in [4.78, 5) is 7.16. The summed E-state index contributed by atoms with van der Waals surface area (Å²) in [5.74, 6) is 3.52. The first kappa shape index (κ1) is 35.3. The maximum absolute atomic E-state index is 5.49. The van der Waals surface area contributed by atoms with E-state index in [1.807, 2.05) is 42.5 Å². The van der Waals surface area contributed by atoms with Crippen molar-refractivity contribution in [3.63, 3.8) is 0 Å². The third-order valence-electron chi connectivity index (χ3n) is 7.97. The highest BCUT2D eigenvalue weighted by atomic mass is 16.7. The summed E-state index contributed by atoms with van der Waals surface area (Å²) in [6.07, 6.45) is 5.76. The standard InChI is InChI=1S/C21H27NO3.C20H24N2/c1-4-6-16-9-18(11-19(10-16)23-3)14-22(5-2)13-17-7-8-20-21(12-17)25-15-24-20;1-3-4-11-16-21-20(19-14-9-6-10-15-19)22-17(2)18-12-7-5-8-13-18/h7-12H,4-6,13-15H2,1-3H3;5-10,12-15H,2-4,11,16H2,1H3,(H,21,22). The fraction of sp³-hybridized carbons (Fsp3) is 0.341. The van der Waals surface area contributed by atoms with Crippen LogP contribution in [0.5, 0.6) is 17.2 Å². The number of aliphatic imine (C=N–C) groups is 1. The highest BCUT2D eigenvalue weighted by molar-refractivity contribution is 6.03. The number of hydrogen-bond donors (Lipinski definition) is 1. The number of amidine groups is 1. The molecule has 5 rings (SSSR count). The lowest BCUT2D eigenvalue weighted by atomic mass is 10.1. The van der Waals surface area contributed by atoms with Crippen molar-refractivity contribution < 1.29 is 14.2 Å². The smallest absolute Gasteiger partial charge is 0.231 e. The minimum atomic E-state index is 0.320. The van der Waals surface area contributed by atoms with Crippen LogP contribution < -0.4 is 19.5 Å². The van der Waals surface area contributed by atoms with Crippen LogP contribution in [0.25, 0.3) is 5.70 Å². The van der Waals surface area contributed by atoms with E-state index in [2.05, 4.69) is 92.2 Å². The van der Waals surface area contributed by atoms with Crippen molar-refractivity contribution in [2.24, 2.45) is 4.99 Å². The predicted molar refractivity (Wildman–Crippen MR) is 195 cm³/mol. The number of methoxy groups -OCH3 is 1. The van der Waals surface area contributed by atoms with Crippen LogP contribution >= 0.6 is 0 Å². The van der Waals surface area contributed by atoms with Crippen molar-refractivity contribution in [3.8, 4) is 17.2 Å². The summed E-state index contributed by atoms with van der Waals surface area (Å²) in [5.41, 5.74) is 6.93. The summed E-state index contributed by atoms with van der Waals surface area (Å²) < 4.78 is 16.4. The molecule has 0 amide bonds. The van der Waals surface area contributed by atoms with Crippen molar-refractivity contribution >= 4 is 11.5 Å². The molecular weight excluding hydrogens is 582 g/mol. The molecule has 0 unspecified atom stereocenters. The van der Waals surface area contributed by atoms with Gasteiger partial charge in [0, 0.05) is 30.9 Å². The molecule has 0 saturated heterocycles. The lowest BCUT2D eigenvalue weighted by Crippen LogP contribution is -2.23. The quantitative estimate of drug-likeness (QED) is 0.0803. The van der Waals surface area contributed by atoms with Crippen LogP contribution in [0.1, 0.15) is 74.3 Å². The van der Waals surface area contributed by atoms with Crippen LogP contribution in [0, 0.1) is 0 Å². The zero-order chi connectivity index (χ0) is 33.3. The van der Waals surface area contributed by atoms with Crippen molar-refractivity contribution in [3.05, 3.63) is 131 Å². The van der Waals surface area contributed by atoms with Crippen LogP contribution in [0.4, 0.5) is 0 Å². The largest absolute Gasteiger partial charge is 0.497 e. The van der Waals surface area contributed by atoms with E-state index < -0.39 is 0 Å². The van der Waals surface area contributed by atoms with E-state index in [9.17, 15) is 0 Å². The van der Waals surface area contributed by atoms with E-state index in [4.69, 9.17) is 19.2 Å². The van der Waals surface area contributed by atoms with Gasteiger partial charge in [-0.1, -0.05) is 119 Å². The van der Waals surface area contributed by atoms with Crippen LogP contribution in [0.2, 0.25) is 0 Å². The van der Waals surface area contributed by atoms with Gasteiger partial charge in [-0.15, -0.1) is 0 Å². The number of nitrogens with zero attached hydrogens (tertiary/aromatic N) is 2. The minimum absolute atomic E-state index is 0.320. The Balaban J connectivity index is 0.000000215. The van der Waals surface area contributed by atoms with Gasteiger partial charge in [0.1, 0.15) is 11.6 Å². The molecule has 0 atom stereocenters. The first-order chi connectivity index (χ1) is 23.0. The first-order valence-corrected chi connectivity index (χ1v) is 16.9. The fourth-order valence-corrected chi connectivity index (χ4v) is 5.41. The summed E-state index contributed by atoms with van der Waals surface area (Å²) in [5, 5.41) is 3.38. The van der Waals surface area contributed by atoms with Gasteiger partial charge >= 0.3 is 0 Å². The monoisotopic (exact) mass is 633 g/mol. The van der Waals surface area contributed by atoms with Crippen LogP contribution in [0.3, 0.4) is 0 Å². The number of aryl methyl sites for hydroxylation is 1. The van der Waals surface area contributed by atoms with Crippen LogP contribution in [0.15, 0.2) is 109 Å². The molecule has 6 nitrogen and oxygen atoms in total. The molecule has 1 N–H and O–H groups in total. The molecule has 0 radical (unpaired) electrons. The lowest BCUT2D eigenvalue weighted by molar-refractivity contribution is 0.174. The molecule has 0 aliphatic carbocycles. The summed E-state index contributed by atoms with van der Waals surface area (Å²) in [6, 6.07) is 33.1. The highest BCUT2D eigenvalue weighted by Gasteiger charge is 2.15. The van der Waals surface area contributed by atoms with Crippen LogP contribution in [-0.4, -0.2) is 37.7 Å². The van der Waals surface area contributed by atoms with E-state index in [1.54, 1.807) is 7.11 Å². The van der Waals surface area contributed by atoms with Gasteiger partial charge in [0.05, 0.1) is 7.11 Å². The maximum Gasteiger partial charge on any atom is 0.231 e. The van der Waals surface area contributed by atoms with Gasteiger partial charge in [-0.3, -0.25) is 9.89 Å². The van der Waals surface area contributed by atoms with Gasteiger partial charge in [-0.2, -0.15) is 0 Å². The average molecular weight is 634 g/mol. The molecule has 248 valence electrons. The Morgan fingerprint density at radius 3 is 2.13 bits per heavy atom. The Kier molecular flexibility index (Phi) is 14.4. The first-order valence-electron chi connectivity index (χ1n) is 16.9. The minimum Gasteiger partial charge on any atom is -0.497 e. The zero-order valence-electron chi connectivity index (χ0n) is 28.6. The van der Waals surface area contributed by atoms with E-state index >= 15 is 0 Å². The number of unbranched alkanes of at least 4 members (excludes halogenated alkanes) is 2. The van der Waals surface area contributed by atoms with Gasteiger partial charge in [-0.05, 0) is 65.9 Å². The maximum atomic E-state index is 5.49. The van der Waals surface area contributed by atoms with Gasteiger partial charge in [0.25, 0.3) is 0 Å². The Labute approximate surface area is 282 Å². The van der Waals surface area contributed by atoms with E-state index in [0.29, 0.717) is 6.79 Å². The molecule has 4 aromatic carbocycles. The predicted octanol–water partition coefficient (Wildman–Crippen LogP) is 9.28. The molecule has 0 fully saturated rings. The molecule has 1 heterocycles. The Morgan fingerprint density at radius 1 is 0.766 bits per heavy atom. The van der Waals surface area contributed by atoms with E-state index in [1.165, 1.54) is 29.5 Å². The Bertz CT molecular complexity index is 1550. The van der Waals surface area contributed by atoms with E-state index in [-0.39, 0.29) is 0 Å². The number of ether oxygens (including phenoxy) is 3. The molecule has 1 aliphatic heterocycles. The molecule has 4 aromatic rings. The van der Waals surface area contributed by atoms with Crippen molar-refractivity contribution in [1.82, 2.24) is 10.2 Å². The van der Waals surface area contributed by atoms with Crippen molar-refractivity contribution in [2.75, 3.05) is 27.0 Å². The van der Waals surface area contributed by atoms with Crippen molar-refractivity contribution in [2.45, 2.75) is 66.0 Å². The van der Waals surface area contributed by atoms with Gasteiger partial charge in [0.15, 0.2) is 11.5 Å². The second kappa shape index (κ2) is 19.2.